The molecule has 1 heterocycles. The van der Waals surface area contributed by atoms with Gasteiger partial charge in [0.25, 0.3) is 0 Å². The molecule has 2 aromatic rings. The highest BCUT2D eigenvalue weighted by Gasteiger charge is 2.24. The molecule has 0 bridgehead atoms. The van der Waals surface area contributed by atoms with Crippen LogP contribution in [0.3, 0.4) is 0 Å². The Kier molecular flexibility index (Phi) is 5.61. The maximum Gasteiger partial charge on any atom is 0.227 e. The fourth-order valence-corrected chi connectivity index (χ4v) is 3.07. The molecule has 1 aliphatic heterocycles. The molecule has 1 fully saturated rings. The first-order valence-corrected chi connectivity index (χ1v) is 8.56. The first-order chi connectivity index (χ1) is 12.5. The van der Waals surface area contributed by atoms with E-state index in [1.807, 2.05) is 0 Å². The topological polar surface area (TPSA) is 40.6 Å². The van der Waals surface area contributed by atoms with Crippen molar-refractivity contribution in [1.82, 2.24) is 9.80 Å². The molecule has 0 N–H and O–H groups in total. The molecule has 136 valence electrons. The minimum atomic E-state index is -0.358. The average molecular weight is 358 g/mol. The van der Waals surface area contributed by atoms with E-state index in [1.54, 1.807) is 34.1 Å². The van der Waals surface area contributed by atoms with Gasteiger partial charge in [-0.1, -0.05) is 24.3 Å². The molecule has 1 aliphatic rings. The van der Waals surface area contributed by atoms with Crippen LogP contribution in [0, 0.1) is 11.6 Å². The van der Waals surface area contributed by atoms with Crippen molar-refractivity contribution in [2.75, 3.05) is 26.2 Å². The van der Waals surface area contributed by atoms with Crippen LogP contribution in [-0.2, 0) is 22.4 Å². The average Bonchev–Trinajstić information content (AvgIpc) is 2.62. The number of carbonyl (C=O) groups excluding carboxylic acids is 2. The summed E-state index contributed by atoms with van der Waals surface area (Å²) in [6, 6.07) is 12.0. The van der Waals surface area contributed by atoms with E-state index in [0.717, 1.165) is 0 Å². The summed E-state index contributed by atoms with van der Waals surface area (Å²) in [6.07, 6.45) is 0.296. The van der Waals surface area contributed by atoms with E-state index in [2.05, 4.69) is 0 Å². The Morgan fingerprint density at radius 2 is 1.12 bits per heavy atom. The first kappa shape index (κ1) is 18.0. The van der Waals surface area contributed by atoms with Gasteiger partial charge in [-0.05, 0) is 35.4 Å². The van der Waals surface area contributed by atoms with Crippen LogP contribution in [0.1, 0.15) is 11.1 Å². The van der Waals surface area contributed by atoms with Gasteiger partial charge in [-0.3, -0.25) is 9.59 Å². The van der Waals surface area contributed by atoms with Gasteiger partial charge in [0, 0.05) is 26.2 Å². The van der Waals surface area contributed by atoms with Gasteiger partial charge in [0.2, 0.25) is 11.8 Å². The SMILES string of the molecule is O=C(Cc1cccc(F)c1)N1CCN(C(=O)Cc2cccc(F)c2)CC1. The number of nitrogens with zero attached hydrogens (tertiary/aromatic N) is 2. The molecule has 0 saturated carbocycles. The summed E-state index contributed by atoms with van der Waals surface area (Å²) in [5.41, 5.74) is 1.28. The van der Waals surface area contributed by atoms with Crippen LogP contribution >= 0.6 is 0 Å². The smallest absolute Gasteiger partial charge is 0.227 e. The number of amides is 2. The molecule has 0 aliphatic carbocycles. The van der Waals surface area contributed by atoms with E-state index in [1.165, 1.54) is 24.3 Å². The highest BCUT2D eigenvalue weighted by atomic mass is 19.1. The van der Waals surface area contributed by atoms with Crippen LogP contribution < -0.4 is 0 Å². The molecule has 0 unspecified atom stereocenters. The molecule has 4 nitrogen and oxygen atoms in total. The van der Waals surface area contributed by atoms with Crippen molar-refractivity contribution in [2.24, 2.45) is 0 Å². The molecule has 26 heavy (non-hydrogen) atoms. The molecule has 1 saturated heterocycles. The van der Waals surface area contributed by atoms with Crippen molar-refractivity contribution in [1.29, 1.82) is 0 Å². The summed E-state index contributed by atoms with van der Waals surface area (Å²) in [5.74, 6) is -0.869. The highest BCUT2D eigenvalue weighted by molar-refractivity contribution is 5.81. The molecular formula is C20H20F2N2O2. The summed E-state index contributed by atoms with van der Waals surface area (Å²) in [5, 5.41) is 0. The second kappa shape index (κ2) is 8.08. The van der Waals surface area contributed by atoms with E-state index < -0.39 is 0 Å². The number of hydrogen-bond acceptors (Lipinski definition) is 2. The molecule has 2 amide bonds. The number of rotatable bonds is 4. The van der Waals surface area contributed by atoms with Crippen molar-refractivity contribution < 1.29 is 18.4 Å². The van der Waals surface area contributed by atoms with E-state index >= 15 is 0 Å². The third-order valence-electron chi connectivity index (χ3n) is 4.47. The van der Waals surface area contributed by atoms with Crippen molar-refractivity contribution >= 4 is 11.8 Å². The molecule has 0 spiro atoms. The lowest BCUT2D eigenvalue weighted by Gasteiger charge is -2.35. The minimum absolute atomic E-state index is 0.0761. The van der Waals surface area contributed by atoms with Crippen LogP contribution in [0.2, 0.25) is 0 Å². The molecule has 6 heteroatoms. The zero-order valence-electron chi connectivity index (χ0n) is 14.3. The van der Waals surface area contributed by atoms with Crippen molar-refractivity contribution in [3.05, 3.63) is 71.3 Å². The van der Waals surface area contributed by atoms with E-state index in [9.17, 15) is 18.4 Å². The Morgan fingerprint density at radius 3 is 1.46 bits per heavy atom. The second-order valence-electron chi connectivity index (χ2n) is 6.37. The number of halogens is 2. The summed E-state index contributed by atoms with van der Waals surface area (Å²) < 4.78 is 26.4. The molecule has 3 rings (SSSR count). The van der Waals surface area contributed by atoms with E-state index in [0.29, 0.717) is 37.3 Å². The zero-order valence-corrected chi connectivity index (χ0v) is 14.3. The summed E-state index contributed by atoms with van der Waals surface area (Å²) in [4.78, 5) is 28.1. The molecule has 0 atom stereocenters. The van der Waals surface area contributed by atoms with Crippen molar-refractivity contribution in [2.45, 2.75) is 12.8 Å². The van der Waals surface area contributed by atoms with Gasteiger partial charge < -0.3 is 9.80 Å². The predicted molar refractivity (Wildman–Crippen MR) is 93.4 cm³/mol. The molecule has 2 aromatic carbocycles. The van der Waals surface area contributed by atoms with E-state index in [4.69, 9.17) is 0 Å². The fraction of sp³-hybridized carbons (Fsp3) is 0.300. The van der Waals surface area contributed by atoms with Gasteiger partial charge in [-0.15, -0.1) is 0 Å². The third kappa shape index (κ3) is 4.65. The monoisotopic (exact) mass is 358 g/mol. The Morgan fingerprint density at radius 1 is 0.731 bits per heavy atom. The summed E-state index contributed by atoms with van der Waals surface area (Å²) >= 11 is 0. The Balaban J connectivity index is 1.50. The fourth-order valence-electron chi connectivity index (χ4n) is 3.07. The minimum Gasteiger partial charge on any atom is -0.339 e. The van der Waals surface area contributed by atoms with Crippen LogP contribution in [0.4, 0.5) is 8.78 Å². The maximum absolute atomic E-state index is 13.2. The molecular weight excluding hydrogens is 338 g/mol. The first-order valence-electron chi connectivity index (χ1n) is 8.56. The largest absolute Gasteiger partial charge is 0.339 e. The summed E-state index contributed by atoms with van der Waals surface area (Å²) in [6.45, 7) is 1.79. The summed E-state index contributed by atoms with van der Waals surface area (Å²) in [7, 11) is 0. The van der Waals surface area contributed by atoms with Gasteiger partial charge in [-0.25, -0.2) is 8.78 Å². The zero-order chi connectivity index (χ0) is 18.5. The quantitative estimate of drug-likeness (QED) is 0.842. The van der Waals surface area contributed by atoms with Gasteiger partial charge in [-0.2, -0.15) is 0 Å². The van der Waals surface area contributed by atoms with Crippen LogP contribution in [-0.4, -0.2) is 47.8 Å². The third-order valence-corrected chi connectivity index (χ3v) is 4.47. The number of carbonyl (C=O) groups is 2. The normalized spacial score (nSPS) is 14.4. The van der Waals surface area contributed by atoms with Gasteiger partial charge >= 0.3 is 0 Å². The lowest BCUT2D eigenvalue weighted by atomic mass is 10.1. The number of benzene rings is 2. The Hall–Kier alpha value is -2.76. The lowest BCUT2D eigenvalue weighted by molar-refractivity contribution is -0.138. The standard InChI is InChI=1S/C20H20F2N2O2/c21-17-5-1-3-15(11-17)13-19(25)23-7-9-24(10-8-23)20(26)14-16-4-2-6-18(22)12-16/h1-6,11-12H,7-10,13-14H2. The van der Waals surface area contributed by atoms with Crippen molar-refractivity contribution in [3.8, 4) is 0 Å². The van der Waals surface area contributed by atoms with Crippen molar-refractivity contribution in [3.63, 3.8) is 0 Å². The highest BCUT2D eigenvalue weighted by Crippen LogP contribution is 2.11. The predicted octanol–water partition coefficient (Wildman–Crippen LogP) is 2.42. The van der Waals surface area contributed by atoms with Crippen LogP contribution in [0.5, 0.6) is 0 Å². The number of piperazine rings is 1. The molecule has 0 radical (unpaired) electrons. The maximum atomic E-state index is 13.2. The van der Waals surface area contributed by atoms with Crippen LogP contribution in [0.15, 0.2) is 48.5 Å². The Bertz CT molecular complexity index is 734. The number of hydrogen-bond donors (Lipinski definition) is 0. The Labute approximate surface area is 151 Å². The van der Waals surface area contributed by atoms with Gasteiger partial charge in [0.05, 0.1) is 12.8 Å². The van der Waals surface area contributed by atoms with Crippen LogP contribution in [0.25, 0.3) is 0 Å². The van der Waals surface area contributed by atoms with Gasteiger partial charge in [0.1, 0.15) is 11.6 Å². The lowest BCUT2D eigenvalue weighted by Crippen LogP contribution is -2.51. The van der Waals surface area contributed by atoms with Gasteiger partial charge in [0.15, 0.2) is 0 Å². The second-order valence-corrected chi connectivity index (χ2v) is 6.37. The van der Waals surface area contributed by atoms with E-state index in [-0.39, 0.29) is 36.3 Å². The molecule has 0 aromatic heterocycles.